The molecule has 0 aliphatic carbocycles. The fraction of sp³-hybridized carbons (Fsp3) is 0.583. The van der Waals surface area contributed by atoms with Crippen LogP contribution < -0.4 is 0 Å². The summed E-state index contributed by atoms with van der Waals surface area (Å²) < 4.78 is 15.9. The molecule has 0 spiro atoms. The minimum Gasteiger partial charge on any atom is -0.463 e. The molecule has 0 unspecified atom stereocenters. The predicted molar refractivity (Wildman–Crippen MR) is 59.8 cm³/mol. The lowest BCUT2D eigenvalue weighted by Crippen LogP contribution is -2.20. The van der Waals surface area contributed by atoms with Crippen LogP contribution in [0.2, 0.25) is 0 Å². The second kappa shape index (κ2) is 5.27. The molecule has 1 fully saturated rings. The fourth-order valence-corrected chi connectivity index (χ4v) is 1.51. The van der Waals surface area contributed by atoms with Crippen LogP contribution in [0.1, 0.15) is 20.8 Å². The summed E-state index contributed by atoms with van der Waals surface area (Å²) >= 11 is 0. The SMILES string of the molecule is C=C[C@@H]1OC(C)(C)O[C@H]1/C=C/C(=O)OCC. The maximum atomic E-state index is 11.1. The van der Waals surface area contributed by atoms with E-state index in [1.807, 2.05) is 13.8 Å². The lowest BCUT2D eigenvalue weighted by atomic mass is 10.2. The molecule has 0 N–H and O–H groups in total. The second-order valence-corrected chi connectivity index (χ2v) is 3.91. The summed E-state index contributed by atoms with van der Waals surface area (Å²) in [6.07, 6.45) is 4.13. The van der Waals surface area contributed by atoms with E-state index in [0.717, 1.165) is 0 Å². The van der Waals surface area contributed by atoms with Crippen LogP contribution in [-0.2, 0) is 19.0 Å². The maximum Gasteiger partial charge on any atom is 0.330 e. The fourth-order valence-electron chi connectivity index (χ4n) is 1.51. The largest absolute Gasteiger partial charge is 0.463 e. The molecule has 90 valence electrons. The van der Waals surface area contributed by atoms with E-state index < -0.39 is 5.79 Å². The summed E-state index contributed by atoms with van der Waals surface area (Å²) in [5.74, 6) is -1.03. The van der Waals surface area contributed by atoms with Crippen molar-refractivity contribution in [2.24, 2.45) is 0 Å². The molecule has 1 rings (SSSR count). The summed E-state index contributed by atoms with van der Waals surface area (Å²) in [7, 11) is 0. The van der Waals surface area contributed by atoms with Crippen LogP contribution >= 0.6 is 0 Å². The third-order valence-electron chi connectivity index (χ3n) is 2.10. The summed E-state index contributed by atoms with van der Waals surface area (Å²) in [5.41, 5.74) is 0. The van der Waals surface area contributed by atoms with E-state index in [1.165, 1.54) is 6.08 Å². The Balaban J connectivity index is 2.59. The highest BCUT2D eigenvalue weighted by Crippen LogP contribution is 2.29. The van der Waals surface area contributed by atoms with Gasteiger partial charge in [-0.15, -0.1) is 6.58 Å². The Morgan fingerprint density at radius 3 is 2.62 bits per heavy atom. The van der Waals surface area contributed by atoms with Gasteiger partial charge >= 0.3 is 5.97 Å². The summed E-state index contributed by atoms with van der Waals surface area (Å²) in [4.78, 5) is 11.1. The zero-order valence-corrected chi connectivity index (χ0v) is 9.93. The van der Waals surface area contributed by atoms with E-state index in [-0.39, 0.29) is 18.2 Å². The maximum absolute atomic E-state index is 11.1. The zero-order chi connectivity index (χ0) is 12.2. The van der Waals surface area contributed by atoms with Gasteiger partial charge in [-0.05, 0) is 26.8 Å². The van der Waals surface area contributed by atoms with Crippen LogP contribution in [-0.4, -0.2) is 30.6 Å². The first kappa shape index (κ1) is 12.9. The number of hydrogen-bond donors (Lipinski definition) is 0. The van der Waals surface area contributed by atoms with E-state index in [4.69, 9.17) is 14.2 Å². The molecule has 0 bridgehead atoms. The number of carbonyl (C=O) groups excluding carboxylic acids is 1. The van der Waals surface area contributed by atoms with Gasteiger partial charge in [0.25, 0.3) is 0 Å². The Hall–Kier alpha value is -1.13. The lowest BCUT2D eigenvalue weighted by Gasteiger charge is -2.15. The van der Waals surface area contributed by atoms with E-state index in [9.17, 15) is 4.79 Å². The minimum atomic E-state index is -0.650. The second-order valence-electron chi connectivity index (χ2n) is 3.91. The Morgan fingerprint density at radius 2 is 2.06 bits per heavy atom. The van der Waals surface area contributed by atoms with Crippen LogP contribution in [0, 0.1) is 0 Å². The highest BCUT2D eigenvalue weighted by Gasteiger charge is 2.38. The van der Waals surface area contributed by atoms with Gasteiger partial charge in [0, 0.05) is 6.08 Å². The number of rotatable bonds is 4. The van der Waals surface area contributed by atoms with Crippen molar-refractivity contribution in [1.82, 2.24) is 0 Å². The molecule has 1 aliphatic heterocycles. The number of ether oxygens (including phenoxy) is 3. The molecular weight excluding hydrogens is 208 g/mol. The lowest BCUT2D eigenvalue weighted by molar-refractivity contribution is -0.140. The molecule has 4 heteroatoms. The molecule has 16 heavy (non-hydrogen) atoms. The first-order chi connectivity index (χ1) is 7.48. The van der Waals surface area contributed by atoms with Crippen molar-refractivity contribution in [2.45, 2.75) is 38.8 Å². The molecule has 4 nitrogen and oxygen atoms in total. The minimum absolute atomic E-state index is 0.235. The first-order valence-corrected chi connectivity index (χ1v) is 5.31. The summed E-state index contributed by atoms with van der Waals surface area (Å²) in [5, 5.41) is 0. The number of hydrogen-bond acceptors (Lipinski definition) is 4. The van der Waals surface area contributed by atoms with Gasteiger partial charge in [-0.1, -0.05) is 6.08 Å². The number of esters is 1. The molecule has 0 aromatic rings. The first-order valence-electron chi connectivity index (χ1n) is 5.31. The smallest absolute Gasteiger partial charge is 0.330 e. The summed E-state index contributed by atoms with van der Waals surface area (Å²) in [6, 6.07) is 0. The monoisotopic (exact) mass is 226 g/mol. The van der Waals surface area contributed by atoms with Crippen molar-refractivity contribution < 1.29 is 19.0 Å². The van der Waals surface area contributed by atoms with Gasteiger partial charge in [-0.3, -0.25) is 0 Å². The van der Waals surface area contributed by atoms with Gasteiger partial charge in [-0.25, -0.2) is 4.79 Å². The van der Waals surface area contributed by atoms with E-state index in [1.54, 1.807) is 19.1 Å². The van der Waals surface area contributed by atoms with Gasteiger partial charge in [-0.2, -0.15) is 0 Å². The van der Waals surface area contributed by atoms with Crippen LogP contribution in [0.5, 0.6) is 0 Å². The van der Waals surface area contributed by atoms with Gasteiger partial charge in [0.2, 0.25) is 0 Å². The molecule has 1 heterocycles. The van der Waals surface area contributed by atoms with Crippen LogP contribution in [0.4, 0.5) is 0 Å². The van der Waals surface area contributed by atoms with Crippen molar-refractivity contribution in [3.05, 3.63) is 24.8 Å². The van der Waals surface area contributed by atoms with Crippen LogP contribution in [0.25, 0.3) is 0 Å². The van der Waals surface area contributed by atoms with E-state index >= 15 is 0 Å². The van der Waals surface area contributed by atoms with Crippen molar-refractivity contribution in [3.8, 4) is 0 Å². The number of carbonyl (C=O) groups is 1. The van der Waals surface area contributed by atoms with Gasteiger partial charge in [0.05, 0.1) is 6.61 Å². The van der Waals surface area contributed by atoms with E-state index in [2.05, 4.69) is 6.58 Å². The molecule has 0 amide bonds. The molecule has 1 aliphatic rings. The van der Waals surface area contributed by atoms with Gasteiger partial charge in [0.15, 0.2) is 5.79 Å². The average Bonchev–Trinajstić information content (AvgIpc) is 2.51. The van der Waals surface area contributed by atoms with Crippen molar-refractivity contribution in [2.75, 3.05) is 6.61 Å². The van der Waals surface area contributed by atoms with Crippen LogP contribution in [0.15, 0.2) is 24.8 Å². The summed E-state index contributed by atoms with van der Waals surface area (Å²) in [6.45, 7) is 9.43. The van der Waals surface area contributed by atoms with Crippen molar-refractivity contribution in [3.63, 3.8) is 0 Å². The molecule has 0 aromatic carbocycles. The third-order valence-corrected chi connectivity index (χ3v) is 2.10. The van der Waals surface area contributed by atoms with Crippen molar-refractivity contribution in [1.29, 1.82) is 0 Å². The zero-order valence-electron chi connectivity index (χ0n) is 9.93. The Morgan fingerprint density at radius 1 is 1.44 bits per heavy atom. The van der Waals surface area contributed by atoms with Gasteiger partial charge in [0.1, 0.15) is 12.2 Å². The Labute approximate surface area is 95.9 Å². The Kier molecular flexibility index (Phi) is 4.26. The molecule has 0 aromatic heterocycles. The topological polar surface area (TPSA) is 44.8 Å². The Bertz CT molecular complexity index is 293. The quantitative estimate of drug-likeness (QED) is 0.416. The molecule has 1 saturated heterocycles. The average molecular weight is 226 g/mol. The normalized spacial score (nSPS) is 28.2. The standard InChI is InChI=1S/C12H18O4/c1-5-9-10(16-12(3,4)15-9)7-8-11(13)14-6-2/h5,7-10H,1,6H2,2-4H3/b8-7+/t9-,10-/m0/s1. The molecule has 0 saturated carbocycles. The van der Waals surface area contributed by atoms with E-state index in [0.29, 0.717) is 6.61 Å². The van der Waals surface area contributed by atoms with Gasteiger partial charge < -0.3 is 14.2 Å². The third kappa shape index (κ3) is 3.47. The highest BCUT2D eigenvalue weighted by atomic mass is 16.7. The predicted octanol–water partition coefficient (Wildman–Crippen LogP) is 1.81. The molecular formula is C12H18O4. The molecule has 2 atom stereocenters. The molecule has 0 radical (unpaired) electrons. The highest BCUT2D eigenvalue weighted by molar-refractivity contribution is 5.81. The van der Waals surface area contributed by atoms with Crippen molar-refractivity contribution >= 4 is 5.97 Å². The van der Waals surface area contributed by atoms with Crippen LogP contribution in [0.3, 0.4) is 0 Å².